The van der Waals surface area contributed by atoms with Crippen LogP contribution < -0.4 is 10.2 Å². The maximum atomic E-state index is 11.9. The van der Waals surface area contributed by atoms with Crippen molar-refractivity contribution in [2.75, 3.05) is 28.3 Å². The highest BCUT2D eigenvalue weighted by molar-refractivity contribution is 7.91. The average Bonchev–Trinajstić information content (AvgIpc) is 2.88. The molecule has 1 aromatic carbocycles. The van der Waals surface area contributed by atoms with Gasteiger partial charge in [0.1, 0.15) is 9.84 Å². The molecule has 0 aliphatic carbocycles. The van der Waals surface area contributed by atoms with Gasteiger partial charge in [0, 0.05) is 19.0 Å². The van der Waals surface area contributed by atoms with E-state index in [-0.39, 0.29) is 23.5 Å². The molecule has 2 saturated heterocycles. The van der Waals surface area contributed by atoms with E-state index in [1.165, 1.54) is 0 Å². The van der Waals surface area contributed by atoms with Crippen LogP contribution in [0.3, 0.4) is 0 Å². The molecule has 0 bridgehead atoms. The van der Waals surface area contributed by atoms with E-state index in [4.69, 9.17) is 0 Å². The molecule has 6 heteroatoms. The summed E-state index contributed by atoms with van der Waals surface area (Å²) < 4.78 is 23.0. The molecule has 3 rings (SSSR count). The fourth-order valence-electron chi connectivity index (χ4n) is 2.99. The highest BCUT2D eigenvalue weighted by atomic mass is 32.2. The summed E-state index contributed by atoms with van der Waals surface area (Å²) in [6.45, 7) is 0.760. The predicted octanol–water partition coefficient (Wildman–Crippen LogP) is 1.80. The summed E-state index contributed by atoms with van der Waals surface area (Å²) in [5.41, 5.74) is 1.84. The number of anilines is 2. The van der Waals surface area contributed by atoms with Gasteiger partial charge in [-0.2, -0.15) is 0 Å². The van der Waals surface area contributed by atoms with Crippen molar-refractivity contribution in [3.05, 3.63) is 24.3 Å². The van der Waals surface area contributed by atoms with Crippen molar-refractivity contribution >= 4 is 27.1 Å². The molecule has 0 spiro atoms. The standard InChI is InChI=1S/C15H20N2O3S/c18-15-6-3-9-17(15)14-5-2-1-4-13(14)16-12-7-10-21(19,20)11-8-12/h1-2,4-5,12,16H,3,6-11H2. The van der Waals surface area contributed by atoms with Crippen LogP contribution in [0, 0.1) is 0 Å². The lowest BCUT2D eigenvalue weighted by Gasteiger charge is -2.27. The van der Waals surface area contributed by atoms with Crippen molar-refractivity contribution < 1.29 is 13.2 Å². The van der Waals surface area contributed by atoms with Crippen molar-refractivity contribution in [1.82, 2.24) is 0 Å². The Bertz CT molecular complexity index is 628. The van der Waals surface area contributed by atoms with E-state index in [9.17, 15) is 13.2 Å². The molecule has 0 aromatic heterocycles. The number of para-hydroxylation sites is 2. The van der Waals surface area contributed by atoms with Crippen molar-refractivity contribution in [2.24, 2.45) is 0 Å². The predicted molar refractivity (Wildman–Crippen MR) is 83.3 cm³/mol. The first-order chi connectivity index (χ1) is 10.1. The minimum atomic E-state index is -2.85. The topological polar surface area (TPSA) is 66.5 Å². The van der Waals surface area contributed by atoms with Gasteiger partial charge in [-0.25, -0.2) is 8.42 Å². The lowest BCUT2D eigenvalue weighted by atomic mass is 10.1. The van der Waals surface area contributed by atoms with Gasteiger partial charge in [-0.15, -0.1) is 0 Å². The first-order valence-electron chi connectivity index (χ1n) is 7.41. The number of carbonyl (C=O) groups excluding carboxylic acids is 1. The Labute approximate surface area is 125 Å². The molecular formula is C15H20N2O3S. The maximum absolute atomic E-state index is 11.9. The maximum Gasteiger partial charge on any atom is 0.227 e. The molecule has 0 saturated carbocycles. The Morgan fingerprint density at radius 2 is 1.86 bits per heavy atom. The van der Waals surface area contributed by atoms with Crippen LogP contribution in [0.15, 0.2) is 24.3 Å². The molecule has 114 valence electrons. The lowest BCUT2D eigenvalue weighted by molar-refractivity contribution is -0.117. The van der Waals surface area contributed by atoms with Crippen LogP contribution in [-0.4, -0.2) is 38.4 Å². The zero-order valence-electron chi connectivity index (χ0n) is 11.9. The molecule has 0 atom stereocenters. The second kappa shape index (κ2) is 5.67. The van der Waals surface area contributed by atoms with Crippen LogP contribution in [0.1, 0.15) is 25.7 Å². The first kappa shape index (κ1) is 14.4. The number of hydrogen-bond donors (Lipinski definition) is 1. The van der Waals surface area contributed by atoms with Gasteiger partial charge in [0.25, 0.3) is 0 Å². The van der Waals surface area contributed by atoms with Crippen molar-refractivity contribution in [1.29, 1.82) is 0 Å². The number of carbonyl (C=O) groups is 1. The van der Waals surface area contributed by atoms with E-state index in [2.05, 4.69) is 5.32 Å². The van der Waals surface area contributed by atoms with Crippen LogP contribution in [0.2, 0.25) is 0 Å². The summed E-state index contributed by atoms with van der Waals surface area (Å²) in [4.78, 5) is 13.7. The first-order valence-corrected chi connectivity index (χ1v) is 9.24. The third-order valence-electron chi connectivity index (χ3n) is 4.18. The molecule has 2 aliphatic rings. The second-order valence-corrected chi connectivity index (χ2v) is 8.04. The molecule has 21 heavy (non-hydrogen) atoms. The van der Waals surface area contributed by atoms with Gasteiger partial charge in [-0.1, -0.05) is 12.1 Å². The highest BCUT2D eigenvalue weighted by Gasteiger charge is 2.26. The normalized spacial score (nSPS) is 22.5. The lowest BCUT2D eigenvalue weighted by Crippen LogP contribution is -2.33. The summed E-state index contributed by atoms with van der Waals surface area (Å²) in [5, 5.41) is 3.43. The minimum absolute atomic E-state index is 0.160. The summed E-state index contributed by atoms with van der Waals surface area (Å²) in [5.74, 6) is 0.654. The molecule has 1 aromatic rings. The summed E-state index contributed by atoms with van der Waals surface area (Å²) >= 11 is 0. The van der Waals surface area contributed by atoms with E-state index < -0.39 is 9.84 Å². The number of amides is 1. The van der Waals surface area contributed by atoms with Crippen molar-refractivity contribution in [3.63, 3.8) is 0 Å². The third kappa shape index (κ3) is 3.20. The van der Waals surface area contributed by atoms with Gasteiger partial charge in [-0.05, 0) is 31.4 Å². The molecule has 2 aliphatic heterocycles. The van der Waals surface area contributed by atoms with Gasteiger partial charge in [0.15, 0.2) is 0 Å². The van der Waals surface area contributed by atoms with Gasteiger partial charge in [0.2, 0.25) is 5.91 Å². The molecule has 1 N–H and O–H groups in total. The van der Waals surface area contributed by atoms with Crippen molar-refractivity contribution in [2.45, 2.75) is 31.7 Å². The minimum Gasteiger partial charge on any atom is -0.381 e. The number of rotatable bonds is 3. The van der Waals surface area contributed by atoms with E-state index in [1.807, 2.05) is 29.2 Å². The zero-order valence-corrected chi connectivity index (χ0v) is 12.7. The Morgan fingerprint density at radius 3 is 2.52 bits per heavy atom. The van der Waals surface area contributed by atoms with Crippen molar-refractivity contribution in [3.8, 4) is 0 Å². The summed E-state index contributed by atoms with van der Waals surface area (Å²) in [6, 6.07) is 7.94. The number of benzene rings is 1. The zero-order chi connectivity index (χ0) is 14.9. The van der Waals surface area contributed by atoms with Gasteiger partial charge in [0.05, 0.1) is 22.9 Å². The van der Waals surface area contributed by atoms with Crippen LogP contribution in [0.5, 0.6) is 0 Å². The third-order valence-corrected chi connectivity index (χ3v) is 5.90. The fourth-order valence-corrected chi connectivity index (χ4v) is 4.48. The highest BCUT2D eigenvalue weighted by Crippen LogP contribution is 2.31. The van der Waals surface area contributed by atoms with Gasteiger partial charge >= 0.3 is 0 Å². The smallest absolute Gasteiger partial charge is 0.227 e. The largest absolute Gasteiger partial charge is 0.381 e. The Hall–Kier alpha value is -1.56. The molecule has 1 amide bonds. The Morgan fingerprint density at radius 1 is 1.14 bits per heavy atom. The summed E-state index contributed by atoms with van der Waals surface area (Å²) in [6.07, 6.45) is 2.76. The summed E-state index contributed by atoms with van der Waals surface area (Å²) in [7, 11) is -2.85. The molecule has 2 heterocycles. The monoisotopic (exact) mass is 308 g/mol. The second-order valence-electron chi connectivity index (χ2n) is 5.74. The van der Waals surface area contributed by atoms with E-state index in [0.717, 1.165) is 24.3 Å². The van der Waals surface area contributed by atoms with Crippen LogP contribution in [0.25, 0.3) is 0 Å². The average molecular weight is 308 g/mol. The van der Waals surface area contributed by atoms with Gasteiger partial charge < -0.3 is 10.2 Å². The fraction of sp³-hybridized carbons (Fsp3) is 0.533. The van der Waals surface area contributed by atoms with Crippen LogP contribution in [-0.2, 0) is 14.6 Å². The van der Waals surface area contributed by atoms with Crippen LogP contribution in [0.4, 0.5) is 11.4 Å². The Balaban J connectivity index is 1.75. The molecule has 0 radical (unpaired) electrons. The molecule has 0 unspecified atom stereocenters. The number of nitrogens with zero attached hydrogens (tertiary/aromatic N) is 1. The van der Waals surface area contributed by atoms with Crippen LogP contribution >= 0.6 is 0 Å². The van der Waals surface area contributed by atoms with Gasteiger partial charge in [-0.3, -0.25) is 4.79 Å². The SMILES string of the molecule is O=C1CCCN1c1ccccc1NC1CCS(=O)(=O)CC1. The molecular weight excluding hydrogens is 288 g/mol. The van der Waals surface area contributed by atoms with E-state index in [0.29, 0.717) is 19.3 Å². The number of sulfone groups is 1. The Kier molecular flexibility index (Phi) is 3.89. The quantitative estimate of drug-likeness (QED) is 0.924. The number of nitrogens with one attached hydrogen (secondary N) is 1. The molecule has 5 nitrogen and oxygen atoms in total. The number of hydrogen-bond acceptors (Lipinski definition) is 4. The molecule has 2 fully saturated rings. The van der Waals surface area contributed by atoms with E-state index in [1.54, 1.807) is 0 Å². The van der Waals surface area contributed by atoms with E-state index >= 15 is 0 Å².